The topological polar surface area (TPSA) is 118 Å². The van der Waals surface area contributed by atoms with Gasteiger partial charge in [0.05, 0.1) is 40.5 Å². The number of ether oxygens (including phenoxy) is 2. The number of aromatic nitrogens is 2. The molecule has 0 spiro atoms. The zero-order chi connectivity index (χ0) is 29.4. The van der Waals surface area contributed by atoms with Crippen molar-refractivity contribution in [1.29, 1.82) is 0 Å². The second-order valence-electron chi connectivity index (χ2n) is 9.51. The van der Waals surface area contributed by atoms with E-state index in [1.165, 1.54) is 23.5 Å². The van der Waals surface area contributed by atoms with Crippen molar-refractivity contribution >= 4 is 29.1 Å². The van der Waals surface area contributed by atoms with Crippen LogP contribution in [0.1, 0.15) is 42.4 Å². The van der Waals surface area contributed by atoms with Crippen molar-refractivity contribution in [2.75, 3.05) is 13.7 Å². The van der Waals surface area contributed by atoms with Crippen molar-refractivity contribution in [3.63, 3.8) is 0 Å². The summed E-state index contributed by atoms with van der Waals surface area (Å²) in [4.78, 5) is 42.8. The van der Waals surface area contributed by atoms with E-state index in [0.717, 1.165) is 28.2 Å². The van der Waals surface area contributed by atoms with Gasteiger partial charge in [-0.1, -0.05) is 23.5 Å². The fraction of sp³-hybridized carbons (Fsp3) is 0.233. The smallest absolute Gasteiger partial charge is 0.338 e. The summed E-state index contributed by atoms with van der Waals surface area (Å²) in [6.45, 7) is 7.54. The first-order chi connectivity index (χ1) is 19.6. The molecule has 3 heterocycles. The SMILES string of the molecule is CCOC(=O)C1=C(C)N=c2s/c(=C/c3cc(C)n(-c4ccc([N+](=O)[O-])cc4)c3C)c(=O)n2C1c1ccc(OC)cc1. The van der Waals surface area contributed by atoms with Gasteiger partial charge in [-0.2, -0.15) is 0 Å². The number of non-ortho nitro benzene ring substituents is 1. The lowest BCUT2D eigenvalue weighted by Gasteiger charge is -2.24. The highest BCUT2D eigenvalue weighted by Crippen LogP contribution is 2.31. The predicted molar refractivity (Wildman–Crippen MR) is 155 cm³/mol. The van der Waals surface area contributed by atoms with Gasteiger partial charge in [0.25, 0.3) is 11.2 Å². The number of nitrogens with zero attached hydrogens (tertiary/aromatic N) is 4. The number of hydrogen-bond donors (Lipinski definition) is 0. The highest BCUT2D eigenvalue weighted by Gasteiger charge is 2.33. The molecular weight excluding hydrogens is 544 g/mol. The van der Waals surface area contributed by atoms with Gasteiger partial charge in [-0.15, -0.1) is 0 Å². The molecule has 1 aliphatic rings. The predicted octanol–water partition coefficient (Wildman–Crippen LogP) is 4.12. The van der Waals surface area contributed by atoms with Gasteiger partial charge in [0, 0.05) is 29.2 Å². The number of carbonyl (C=O) groups is 1. The van der Waals surface area contributed by atoms with Crippen molar-refractivity contribution in [1.82, 2.24) is 9.13 Å². The van der Waals surface area contributed by atoms with Crippen LogP contribution in [0.2, 0.25) is 0 Å². The third-order valence-electron chi connectivity index (χ3n) is 7.02. The molecule has 41 heavy (non-hydrogen) atoms. The molecule has 0 amide bonds. The molecule has 2 aromatic carbocycles. The van der Waals surface area contributed by atoms with Gasteiger partial charge in [-0.25, -0.2) is 9.79 Å². The van der Waals surface area contributed by atoms with E-state index < -0.39 is 16.9 Å². The van der Waals surface area contributed by atoms with Crippen LogP contribution in [0.25, 0.3) is 11.8 Å². The van der Waals surface area contributed by atoms with Crippen LogP contribution in [-0.2, 0) is 9.53 Å². The molecule has 0 radical (unpaired) electrons. The number of benzene rings is 2. The number of allylic oxidation sites excluding steroid dienone is 1. The minimum absolute atomic E-state index is 0.0152. The fourth-order valence-corrected chi connectivity index (χ4v) is 6.13. The van der Waals surface area contributed by atoms with Gasteiger partial charge in [-0.3, -0.25) is 19.5 Å². The summed E-state index contributed by atoms with van der Waals surface area (Å²) in [5.41, 5.74) is 4.66. The standard InChI is InChI=1S/C30H28N4O6S/c1-6-40-29(36)26-18(3)31-30-33(27(26)20-7-13-24(39-5)14-8-20)28(35)25(41-30)16-21-15-17(2)32(19(21)4)22-9-11-23(12-10-22)34(37)38/h7-16,27H,6H2,1-5H3/b25-16+. The van der Waals surface area contributed by atoms with E-state index in [-0.39, 0.29) is 17.9 Å². The van der Waals surface area contributed by atoms with E-state index >= 15 is 0 Å². The van der Waals surface area contributed by atoms with Gasteiger partial charge < -0.3 is 14.0 Å². The molecule has 1 atom stereocenters. The number of rotatable bonds is 7. The Balaban J connectivity index is 1.65. The summed E-state index contributed by atoms with van der Waals surface area (Å²) in [5.74, 6) is 0.137. The molecule has 2 aromatic heterocycles. The Hall–Kier alpha value is -4.77. The maximum atomic E-state index is 13.9. The highest BCUT2D eigenvalue weighted by atomic mass is 32.1. The fourth-order valence-electron chi connectivity index (χ4n) is 5.09. The summed E-state index contributed by atoms with van der Waals surface area (Å²) in [6, 6.07) is 14.8. The Morgan fingerprint density at radius 3 is 2.41 bits per heavy atom. The Morgan fingerprint density at radius 2 is 1.80 bits per heavy atom. The lowest BCUT2D eigenvalue weighted by molar-refractivity contribution is -0.384. The molecule has 0 bridgehead atoms. The summed E-state index contributed by atoms with van der Waals surface area (Å²) >= 11 is 1.25. The molecule has 1 unspecified atom stereocenters. The second kappa shape index (κ2) is 11.0. The zero-order valence-electron chi connectivity index (χ0n) is 23.2. The van der Waals surface area contributed by atoms with Gasteiger partial charge >= 0.3 is 5.97 Å². The van der Waals surface area contributed by atoms with Crippen LogP contribution in [0.3, 0.4) is 0 Å². The maximum absolute atomic E-state index is 13.9. The van der Waals surface area contributed by atoms with E-state index in [0.29, 0.717) is 26.4 Å². The minimum Gasteiger partial charge on any atom is -0.497 e. The summed E-state index contributed by atoms with van der Waals surface area (Å²) in [5, 5.41) is 11.1. The van der Waals surface area contributed by atoms with Crippen molar-refractivity contribution < 1.29 is 19.2 Å². The number of hydrogen-bond acceptors (Lipinski definition) is 8. The van der Waals surface area contributed by atoms with Crippen molar-refractivity contribution in [3.05, 3.63) is 118 Å². The largest absolute Gasteiger partial charge is 0.497 e. The number of thiazole rings is 1. The number of nitro groups is 1. The first kappa shape index (κ1) is 27.8. The van der Waals surface area contributed by atoms with Crippen LogP contribution in [-0.4, -0.2) is 33.7 Å². The monoisotopic (exact) mass is 572 g/mol. The van der Waals surface area contributed by atoms with Crippen molar-refractivity contribution in [2.24, 2.45) is 4.99 Å². The number of fused-ring (bicyclic) bond motifs is 1. The molecule has 0 aliphatic carbocycles. The lowest BCUT2D eigenvalue weighted by Crippen LogP contribution is -2.39. The van der Waals surface area contributed by atoms with Crippen LogP contribution >= 0.6 is 11.3 Å². The van der Waals surface area contributed by atoms with E-state index in [2.05, 4.69) is 4.99 Å². The first-order valence-electron chi connectivity index (χ1n) is 12.9. The second-order valence-corrected chi connectivity index (χ2v) is 10.5. The van der Waals surface area contributed by atoms with Crippen LogP contribution < -0.4 is 19.6 Å². The van der Waals surface area contributed by atoms with Crippen LogP contribution in [0.15, 0.2) is 75.7 Å². The Kier molecular flexibility index (Phi) is 7.46. The minimum atomic E-state index is -0.717. The number of carbonyl (C=O) groups excluding carboxylic acids is 1. The molecule has 210 valence electrons. The lowest BCUT2D eigenvalue weighted by atomic mass is 9.96. The third kappa shape index (κ3) is 5.00. The molecule has 0 saturated heterocycles. The Bertz CT molecular complexity index is 1880. The molecule has 4 aromatic rings. The van der Waals surface area contributed by atoms with Crippen LogP contribution in [0, 0.1) is 24.0 Å². The summed E-state index contributed by atoms with van der Waals surface area (Å²) < 4.78 is 14.7. The molecule has 0 saturated carbocycles. The molecule has 10 nitrogen and oxygen atoms in total. The number of esters is 1. The van der Waals surface area contributed by atoms with E-state index in [9.17, 15) is 19.7 Å². The molecular formula is C30H28N4O6S. The molecule has 11 heteroatoms. The number of nitro benzene ring substituents is 1. The van der Waals surface area contributed by atoms with Crippen molar-refractivity contribution in [3.8, 4) is 11.4 Å². The molecule has 1 aliphatic heterocycles. The van der Waals surface area contributed by atoms with Gasteiger partial charge in [0.2, 0.25) is 0 Å². The molecule has 0 N–H and O–H groups in total. The number of methoxy groups -OCH3 is 1. The van der Waals surface area contributed by atoms with Gasteiger partial charge in [0.15, 0.2) is 4.80 Å². The Labute approximate surface area is 239 Å². The zero-order valence-corrected chi connectivity index (χ0v) is 24.0. The van der Waals surface area contributed by atoms with Gasteiger partial charge in [-0.05, 0) is 75.2 Å². The summed E-state index contributed by atoms with van der Waals surface area (Å²) in [6.07, 6.45) is 1.82. The first-order valence-corrected chi connectivity index (χ1v) is 13.7. The normalized spacial score (nSPS) is 15.0. The van der Waals surface area contributed by atoms with E-state index in [4.69, 9.17) is 9.47 Å². The number of aryl methyl sites for hydroxylation is 1. The maximum Gasteiger partial charge on any atom is 0.338 e. The Morgan fingerprint density at radius 1 is 1.12 bits per heavy atom. The average Bonchev–Trinajstić information content (AvgIpc) is 3.41. The summed E-state index contributed by atoms with van der Waals surface area (Å²) in [7, 11) is 1.57. The van der Waals surface area contributed by atoms with Crippen molar-refractivity contribution in [2.45, 2.75) is 33.7 Å². The van der Waals surface area contributed by atoms with Crippen LogP contribution in [0.4, 0.5) is 5.69 Å². The van der Waals surface area contributed by atoms with E-state index in [1.54, 1.807) is 49.8 Å². The highest BCUT2D eigenvalue weighted by molar-refractivity contribution is 7.07. The quantitative estimate of drug-likeness (QED) is 0.187. The molecule has 5 rings (SSSR count). The van der Waals surface area contributed by atoms with Crippen LogP contribution in [0.5, 0.6) is 5.75 Å². The van der Waals surface area contributed by atoms with Gasteiger partial charge in [0.1, 0.15) is 5.75 Å². The van der Waals surface area contributed by atoms with E-state index in [1.807, 2.05) is 42.7 Å². The third-order valence-corrected chi connectivity index (χ3v) is 8.01. The molecule has 0 fully saturated rings. The average molecular weight is 573 g/mol.